The van der Waals surface area contributed by atoms with E-state index < -0.39 is 23.3 Å². The fourth-order valence-electron chi connectivity index (χ4n) is 2.27. The first-order valence-electron chi connectivity index (χ1n) is 8.90. The first kappa shape index (κ1) is 23.0. The topological polar surface area (TPSA) is 106 Å². The van der Waals surface area contributed by atoms with Crippen molar-refractivity contribution in [3.8, 4) is 5.75 Å². The lowest BCUT2D eigenvalue weighted by Crippen LogP contribution is -2.16. The Balaban J connectivity index is 2.89. The average Bonchev–Trinajstić information content (AvgIpc) is 2.64. The average molecular weight is 389 g/mol. The Morgan fingerprint density at radius 1 is 1.29 bits per heavy atom. The first-order chi connectivity index (χ1) is 13.2. The van der Waals surface area contributed by atoms with Crippen molar-refractivity contribution in [1.82, 2.24) is 5.32 Å². The lowest BCUT2D eigenvalue weighted by atomic mass is 10.00. The summed E-state index contributed by atoms with van der Waals surface area (Å²) in [5, 5.41) is 12.6. The maximum atomic E-state index is 12.4. The molecule has 1 aromatic rings. The lowest BCUT2D eigenvalue weighted by molar-refractivity contribution is 0.102. The maximum absolute atomic E-state index is 12.4. The lowest BCUT2D eigenvalue weighted by Gasteiger charge is -2.11. The van der Waals surface area contributed by atoms with Gasteiger partial charge in [-0.15, -0.1) is 0 Å². The molecular formula is C21H27NO6. The van der Waals surface area contributed by atoms with Crippen molar-refractivity contribution in [3.05, 3.63) is 63.4 Å². The molecule has 0 aliphatic carbocycles. The number of hydrogen-bond acceptors (Lipinski definition) is 6. The van der Waals surface area contributed by atoms with Gasteiger partial charge in [0.25, 0.3) is 0 Å². The highest BCUT2D eigenvalue weighted by Gasteiger charge is 2.21. The number of amides is 1. The number of Topliss-reactive ketones (excluding diaryl/α,β-unsaturated/α-hetero) is 1. The van der Waals surface area contributed by atoms with Gasteiger partial charge in [-0.25, -0.2) is 9.59 Å². The van der Waals surface area contributed by atoms with Crippen molar-refractivity contribution in [2.45, 2.75) is 46.5 Å². The molecule has 0 spiro atoms. The van der Waals surface area contributed by atoms with Crippen LogP contribution in [0.2, 0.25) is 0 Å². The summed E-state index contributed by atoms with van der Waals surface area (Å²) in [4.78, 5) is 35.6. The molecule has 0 radical (unpaired) electrons. The van der Waals surface area contributed by atoms with Gasteiger partial charge in [0.2, 0.25) is 0 Å². The van der Waals surface area contributed by atoms with E-state index in [2.05, 4.69) is 10.1 Å². The number of nitrogens with one attached hydrogen (secondary N) is 1. The van der Waals surface area contributed by atoms with Crippen LogP contribution in [0.25, 0.3) is 0 Å². The summed E-state index contributed by atoms with van der Waals surface area (Å²) in [6, 6.07) is 1.31. The summed E-state index contributed by atoms with van der Waals surface area (Å²) in [5.74, 6) is -0.845. The van der Waals surface area contributed by atoms with E-state index in [1.165, 1.54) is 19.4 Å². The van der Waals surface area contributed by atoms with Crippen molar-refractivity contribution in [1.29, 1.82) is 0 Å². The second kappa shape index (κ2) is 10.9. The van der Waals surface area contributed by atoms with Crippen LogP contribution in [0.5, 0.6) is 5.75 Å². The molecule has 2 N–H and O–H groups in total. The largest absolute Gasteiger partial charge is 0.507 e. The zero-order chi connectivity index (χ0) is 21.3. The van der Waals surface area contributed by atoms with Crippen LogP contribution in [0.15, 0.2) is 50.9 Å². The molecule has 1 unspecified atom stereocenters. The summed E-state index contributed by atoms with van der Waals surface area (Å²) < 4.78 is 9.70. The molecule has 1 rings (SSSR count). The quantitative estimate of drug-likeness (QED) is 0.392. The second-order valence-corrected chi connectivity index (χ2v) is 6.64. The monoisotopic (exact) mass is 389 g/mol. The number of carbonyl (C=O) groups excluding carboxylic acids is 2. The fraction of sp³-hybridized carbons (Fsp3) is 0.381. The van der Waals surface area contributed by atoms with Crippen molar-refractivity contribution >= 4 is 11.9 Å². The van der Waals surface area contributed by atoms with Crippen LogP contribution in [-0.4, -0.2) is 24.1 Å². The Hall–Kier alpha value is -3.09. The van der Waals surface area contributed by atoms with Gasteiger partial charge >= 0.3 is 11.7 Å². The maximum Gasteiger partial charge on any atom is 0.410 e. The summed E-state index contributed by atoms with van der Waals surface area (Å²) in [5.41, 5.74) is 0.102. The Kier molecular flexibility index (Phi) is 8.95. The SMILES string of the molecule is COC(=O)N/C=C/CCC(C)c1cc(O)c(C(=O)/C(C)=C/C=C(C)C)c(=O)o1. The number of allylic oxidation sites excluding steroid dienone is 5. The minimum Gasteiger partial charge on any atom is -0.507 e. The molecule has 7 heteroatoms. The number of aromatic hydroxyl groups is 1. The highest BCUT2D eigenvalue weighted by molar-refractivity contribution is 6.09. The number of hydrogen-bond donors (Lipinski definition) is 2. The third-order valence-electron chi connectivity index (χ3n) is 3.96. The standard InChI is InChI=1S/C21H27NO6/c1-13(2)9-10-15(4)19(24)18-16(23)12-17(28-20(18)25)14(3)8-6-7-11-22-21(26)27-5/h7,9-12,14,23H,6,8H2,1-5H3,(H,22,26)/b11-7+,15-10+. The van der Waals surface area contributed by atoms with E-state index in [0.29, 0.717) is 24.2 Å². The van der Waals surface area contributed by atoms with Crippen LogP contribution in [0.4, 0.5) is 4.79 Å². The van der Waals surface area contributed by atoms with Crippen LogP contribution >= 0.6 is 0 Å². The second-order valence-electron chi connectivity index (χ2n) is 6.64. The Morgan fingerprint density at radius 2 is 1.96 bits per heavy atom. The van der Waals surface area contributed by atoms with Gasteiger partial charge in [-0.05, 0) is 39.2 Å². The van der Waals surface area contributed by atoms with E-state index in [-0.39, 0.29) is 11.5 Å². The summed E-state index contributed by atoms with van der Waals surface area (Å²) in [6.07, 6.45) is 7.20. The summed E-state index contributed by atoms with van der Waals surface area (Å²) in [7, 11) is 1.27. The van der Waals surface area contributed by atoms with Gasteiger partial charge in [0.05, 0.1) is 7.11 Å². The number of alkyl carbamates (subject to hydrolysis) is 1. The molecule has 1 heterocycles. The highest BCUT2D eigenvalue weighted by atomic mass is 16.5. The van der Waals surface area contributed by atoms with Gasteiger partial charge in [0.15, 0.2) is 5.78 Å². The van der Waals surface area contributed by atoms with Crippen LogP contribution in [0.3, 0.4) is 0 Å². The Bertz CT molecular complexity index is 856. The molecule has 0 bridgehead atoms. The zero-order valence-corrected chi connectivity index (χ0v) is 16.9. The molecule has 0 saturated heterocycles. The van der Waals surface area contributed by atoms with Gasteiger partial charge in [-0.2, -0.15) is 0 Å². The smallest absolute Gasteiger partial charge is 0.410 e. The minimum absolute atomic E-state index is 0.173. The van der Waals surface area contributed by atoms with Gasteiger partial charge < -0.3 is 14.3 Å². The third-order valence-corrected chi connectivity index (χ3v) is 3.96. The predicted molar refractivity (Wildman–Crippen MR) is 106 cm³/mol. The van der Waals surface area contributed by atoms with E-state index in [1.54, 1.807) is 25.2 Å². The van der Waals surface area contributed by atoms with Crippen molar-refractivity contribution < 1.29 is 23.8 Å². The number of rotatable bonds is 8. The summed E-state index contributed by atoms with van der Waals surface area (Å²) in [6.45, 7) is 7.18. The van der Waals surface area contributed by atoms with Crippen molar-refractivity contribution in [2.24, 2.45) is 0 Å². The molecule has 0 saturated carbocycles. The number of carbonyl (C=O) groups is 2. The Morgan fingerprint density at radius 3 is 2.54 bits per heavy atom. The molecule has 1 atom stereocenters. The summed E-state index contributed by atoms with van der Waals surface area (Å²) >= 11 is 0. The van der Waals surface area contributed by atoms with E-state index in [4.69, 9.17) is 4.42 Å². The first-order valence-corrected chi connectivity index (χ1v) is 8.90. The fourth-order valence-corrected chi connectivity index (χ4v) is 2.27. The van der Waals surface area contributed by atoms with E-state index in [1.807, 2.05) is 20.8 Å². The van der Waals surface area contributed by atoms with Gasteiger partial charge in [-0.1, -0.05) is 30.7 Å². The molecule has 28 heavy (non-hydrogen) atoms. The van der Waals surface area contributed by atoms with Crippen LogP contribution in [0, 0.1) is 0 Å². The van der Waals surface area contributed by atoms with E-state index in [9.17, 15) is 19.5 Å². The molecular weight excluding hydrogens is 362 g/mol. The number of ketones is 1. The normalized spacial score (nSPS) is 12.5. The molecule has 1 amide bonds. The van der Waals surface area contributed by atoms with Crippen LogP contribution < -0.4 is 10.9 Å². The molecule has 0 fully saturated rings. The predicted octanol–water partition coefficient (Wildman–Crippen LogP) is 4.19. The number of ether oxygens (including phenoxy) is 1. The molecule has 0 aliphatic heterocycles. The van der Waals surface area contributed by atoms with Crippen LogP contribution in [-0.2, 0) is 4.74 Å². The highest BCUT2D eigenvalue weighted by Crippen LogP contribution is 2.25. The van der Waals surface area contributed by atoms with Crippen molar-refractivity contribution in [2.75, 3.05) is 7.11 Å². The van der Waals surface area contributed by atoms with Gasteiger partial charge in [-0.3, -0.25) is 10.1 Å². The third kappa shape index (κ3) is 6.90. The van der Waals surface area contributed by atoms with Gasteiger partial charge in [0.1, 0.15) is 17.1 Å². The van der Waals surface area contributed by atoms with E-state index in [0.717, 1.165) is 5.57 Å². The van der Waals surface area contributed by atoms with Crippen LogP contribution in [0.1, 0.15) is 62.6 Å². The van der Waals surface area contributed by atoms with Gasteiger partial charge in [0, 0.05) is 18.2 Å². The minimum atomic E-state index is -0.861. The molecule has 1 aromatic heterocycles. The molecule has 152 valence electrons. The zero-order valence-electron chi connectivity index (χ0n) is 16.9. The Labute approximate surface area is 164 Å². The molecule has 0 aromatic carbocycles. The molecule has 0 aliphatic rings. The number of methoxy groups -OCH3 is 1. The van der Waals surface area contributed by atoms with Crippen molar-refractivity contribution in [3.63, 3.8) is 0 Å². The molecule has 7 nitrogen and oxygen atoms in total. The van der Waals surface area contributed by atoms with E-state index >= 15 is 0 Å².